The van der Waals surface area contributed by atoms with Crippen molar-refractivity contribution >= 4 is 35.0 Å². The third kappa shape index (κ3) is 5.61. The smallest absolute Gasteiger partial charge is 0.331 e. The van der Waals surface area contributed by atoms with Crippen LogP contribution in [0.5, 0.6) is 0 Å². The molecule has 1 amide bonds. The van der Waals surface area contributed by atoms with Gasteiger partial charge in [-0.05, 0) is 35.9 Å². The molecule has 0 aliphatic carbocycles. The molecule has 29 heavy (non-hydrogen) atoms. The summed E-state index contributed by atoms with van der Waals surface area (Å²) in [6.45, 7) is 2.11. The molecule has 10 heteroatoms. The highest BCUT2D eigenvalue weighted by atomic mass is 32.2. The summed E-state index contributed by atoms with van der Waals surface area (Å²) in [5.41, 5.74) is 1.63. The number of ether oxygens (including phenoxy) is 1. The minimum Gasteiger partial charge on any atom is -0.466 e. The number of methoxy groups -OCH3 is 1. The summed E-state index contributed by atoms with van der Waals surface area (Å²) in [4.78, 5) is 23.2. The van der Waals surface area contributed by atoms with E-state index >= 15 is 0 Å². The van der Waals surface area contributed by atoms with Crippen LogP contribution in [0, 0.1) is 0 Å². The van der Waals surface area contributed by atoms with E-state index in [9.17, 15) is 9.59 Å². The lowest BCUT2D eigenvalue weighted by molar-refractivity contribution is -0.135. The molecule has 1 aliphatic heterocycles. The van der Waals surface area contributed by atoms with Crippen molar-refractivity contribution in [1.29, 1.82) is 0 Å². The van der Waals surface area contributed by atoms with Crippen LogP contribution in [0.3, 0.4) is 0 Å². The highest BCUT2D eigenvalue weighted by molar-refractivity contribution is 8.18. The highest BCUT2D eigenvalue weighted by Gasteiger charge is 2.24. The summed E-state index contributed by atoms with van der Waals surface area (Å²) >= 11 is 1.01. The molecule has 0 atom stereocenters. The van der Waals surface area contributed by atoms with E-state index in [2.05, 4.69) is 37.4 Å². The summed E-state index contributed by atoms with van der Waals surface area (Å²) in [6, 6.07) is 7.40. The Hall–Kier alpha value is -3.27. The zero-order chi connectivity index (χ0) is 20.6. The van der Waals surface area contributed by atoms with E-state index < -0.39 is 11.9 Å². The maximum absolute atomic E-state index is 11.7. The van der Waals surface area contributed by atoms with Gasteiger partial charge in [-0.1, -0.05) is 25.5 Å². The molecule has 0 unspecified atom stereocenters. The van der Waals surface area contributed by atoms with E-state index in [-0.39, 0.29) is 10.1 Å². The molecule has 1 fully saturated rings. The van der Waals surface area contributed by atoms with Gasteiger partial charge in [0.25, 0.3) is 5.91 Å². The predicted octanol–water partition coefficient (Wildman–Crippen LogP) is 2.69. The van der Waals surface area contributed by atoms with Crippen LogP contribution < -0.4 is 5.32 Å². The second-order valence-electron chi connectivity index (χ2n) is 5.96. The third-order valence-electron chi connectivity index (χ3n) is 3.83. The number of thioether (sulfide) groups is 1. The number of amides is 1. The number of nitrogens with one attached hydrogen (secondary N) is 1. The largest absolute Gasteiger partial charge is 0.466 e. The third-order valence-corrected chi connectivity index (χ3v) is 4.73. The predicted molar refractivity (Wildman–Crippen MR) is 109 cm³/mol. The van der Waals surface area contributed by atoms with E-state index in [0.29, 0.717) is 11.8 Å². The molecule has 0 bridgehead atoms. The standard InChI is InChI=1S/C19H19N5O4S/c1-3-4-5-15-22-23-18(28-15)13-8-6-12(7-9-13)11-20-24-19-21-17(26)14(29-19)10-16(25)27-2/h6-11H,3-5H2,1-2H3,(H,21,24,26)/b14-10+,20-11?. The van der Waals surface area contributed by atoms with E-state index in [0.717, 1.165) is 48.2 Å². The van der Waals surface area contributed by atoms with Crippen LogP contribution >= 0.6 is 11.8 Å². The molecule has 1 aliphatic rings. The summed E-state index contributed by atoms with van der Waals surface area (Å²) in [6.07, 6.45) is 5.51. The van der Waals surface area contributed by atoms with Crippen LogP contribution in [0.25, 0.3) is 11.5 Å². The summed E-state index contributed by atoms with van der Waals surface area (Å²) < 4.78 is 10.2. The Morgan fingerprint density at radius 1 is 1.31 bits per heavy atom. The second-order valence-corrected chi connectivity index (χ2v) is 6.99. The first kappa shape index (κ1) is 20.5. The van der Waals surface area contributed by atoms with Gasteiger partial charge in [-0.3, -0.25) is 10.1 Å². The molecule has 2 heterocycles. The lowest BCUT2D eigenvalue weighted by Gasteiger charge is -1.96. The second kappa shape index (κ2) is 9.78. The Kier molecular flexibility index (Phi) is 6.90. The fourth-order valence-electron chi connectivity index (χ4n) is 2.30. The monoisotopic (exact) mass is 413 g/mol. The Morgan fingerprint density at radius 2 is 2.10 bits per heavy atom. The SMILES string of the molecule is CCCCc1nnc(-c2ccc(C=N/N=C3/NC(=O)/C(=C\C(=O)OC)S3)cc2)o1. The Morgan fingerprint density at radius 3 is 2.83 bits per heavy atom. The van der Waals surface area contributed by atoms with Gasteiger partial charge in [0, 0.05) is 18.1 Å². The summed E-state index contributed by atoms with van der Waals surface area (Å²) in [7, 11) is 1.24. The quantitative estimate of drug-likeness (QED) is 0.321. The normalized spacial score (nSPS) is 16.7. The van der Waals surface area contributed by atoms with Gasteiger partial charge < -0.3 is 9.15 Å². The van der Waals surface area contributed by atoms with E-state index in [1.54, 1.807) is 6.21 Å². The van der Waals surface area contributed by atoms with Gasteiger partial charge in [-0.15, -0.1) is 15.3 Å². The Balaban J connectivity index is 1.61. The fourth-order valence-corrected chi connectivity index (χ4v) is 3.04. The molecular formula is C19H19N5O4S. The summed E-state index contributed by atoms with van der Waals surface area (Å²) in [5, 5.41) is 18.8. The van der Waals surface area contributed by atoms with Crippen LogP contribution in [0.2, 0.25) is 0 Å². The van der Waals surface area contributed by atoms with Crippen molar-refractivity contribution < 1.29 is 18.7 Å². The molecule has 0 spiro atoms. The van der Waals surface area contributed by atoms with Crippen molar-refractivity contribution in [2.24, 2.45) is 10.2 Å². The number of benzene rings is 1. The lowest BCUT2D eigenvalue weighted by Crippen LogP contribution is -2.19. The maximum Gasteiger partial charge on any atom is 0.331 e. The summed E-state index contributed by atoms with van der Waals surface area (Å²) in [5.74, 6) is 0.0951. The number of unbranched alkanes of at least 4 members (excludes halogenated alkanes) is 1. The molecule has 0 radical (unpaired) electrons. The molecule has 1 aromatic carbocycles. The first-order valence-electron chi connectivity index (χ1n) is 8.91. The van der Waals surface area contributed by atoms with Crippen molar-refractivity contribution in [3.8, 4) is 11.5 Å². The molecule has 2 aromatic rings. The highest BCUT2D eigenvalue weighted by Crippen LogP contribution is 2.23. The number of nitrogens with zero attached hydrogens (tertiary/aromatic N) is 4. The van der Waals surface area contributed by atoms with Gasteiger partial charge in [0.2, 0.25) is 11.8 Å². The van der Waals surface area contributed by atoms with Crippen molar-refractivity contribution in [3.63, 3.8) is 0 Å². The van der Waals surface area contributed by atoms with Gasteiger partial charge in [0.1, 0.15) is 0 Å². The molecule has 9 nitrogen and oxygen atoms in total. The topological polar surface area (TPSA) is 119 Å². The van der Waals surface area contributed by atoms with E-state index in [4.69, 9.17) is 4.42 Å². The lowest BCUT2D eigenvalue weighted by atomic mass is 10.1. The van der Waals surface area contributed by atoms with Crippen molar-refractivity contribution in [2.45, 2.75) is 26.2 Å². The number of hydrogen-bond donors (Lipinski definition) is 1. The van der Waals surface area contributed by atoms with Crippen LogP contribution in [0.1, 0.15) is 31.2 Å². The van der Waals surface area contributed by atoms with Gasteiger partial charge in [0.05, 0.1) is 18.2 Å². The van der Waals surface area contributed by atoms with Gasteiger partial charge in [-0.25, -0.2) is 4.79 Å². The average Bonchev–Trinajstić information content (AvgIpc) is 3.33. The number of carbonyl (C=O) groups is 2. The first-order chi connectivity index (χ1) is 14.1. The van der Waals surface area contributed by atoms with Gasteiger partial charge in [0.15, 0.2) is 5.17 Å². The molecule has 1 N–H and O–H groups in total. The fraction of sp³-hybridized carbons (Fsp3) is 0.263. The maximum atomic E-state index is 11.7. The molecular weight excluding hydrogens is 394 g/mol. The van der Waals surface area contributed by atoms with Crippen LogP contribution in [0.4, 0.5) is 0 Å². The van der Waals surface area contributed by atoms with Gasteiger partial charge >= 0.3 is 5.97 Å². The molecule has 3 rings (SSSR count). The van der Waals surface area contributed by atoms with Crippen molar-refractivity contribution in [3.05, 3.63) is 46.7 Å². The number of amidine groups is 1. The number of esters is 1. The van der Waals surface area contributed by atoms with Crippen molar-refractivity contribution in [2.75, 3.05) is 7.11 Å². The zero-order valence-electron chi connectivity index (χ0n) is 15.9. The molecule has 150 valence electrons. The van der Waals surface area contributed by atoms with Gasteiger partial charge in [-0.2, -0.15) is 5.10 Å². The number of hydrogen-bond acceptors (Lipinski definition) is 9. The van der Waals surface area contributed by atoms with Crippen molar-refractivity contribution in [1.82, 2.24) is 15.5 Å². The molecule has 1 aromatic heterocycles. The van der Waals surface area contributed by atoms with E-state index in [1.165, 1.54) is 7.11 Å². The zero-order valence-corrected chi connectivity index (χ0v) is 16.7. The van der Waals surface area contributed by atoms with Crippen LogP contribution in [-0.2, 0) is 20.7 Å². The molecule has 0 saturated carbocycles. The number of rotatable bonds is 7. The minimum absolute atomic E-state index is 0.202. The minimum atomic E-state index is -0.605. The Labute approximate surface area is 171 Å². The Bertz CT molecular complexity index is 979. The van der Waals surface area contributed by atoms with Crippen LogP contribution in [0.15, 0.2) is 49.9 Å². The number of aromatic nitrogens is 2. The van der Waals surface area contributed by atoms with E-state index in [1.807, 2.05) is 24.3 Å². The number of aryl methyl sites for hydroxylation is 1. The number of carbonyl (C=O) groups excluding carboxylic acids is 2. The molecule has 1 saturated heterocycles. The first-order valence-corrected chi connectivity index (χ1v) is 9.73. The van der Waals surface area contributed by atoms with Crippen LogP contribution in [-0.4, -0.2) is 40.6 Å². The average molecular weight is 413 g/mol.